The van der Waals surface area contributed by atoms with E-state index in [2.05, 4.69) is 20.5 Å². The Hall–Kier alpha value is -0.120. The second-order valence-electron chi connectivity index (χ2n) is 8.17. The van der Waals surface area contributed by atoms with Gasteiger partial charge in [0.2, 0.25) is 0 Å². The minimum atomic E-state index is 0. The minimum Gasteiger partial charge on any atom is -0.379 e. The van der Waals surface area contributed by atoms with Crippen LogP contribution in [0.25, 0.3) is 0 Å². The molecule has 4 rings (SSSR count). The van der Waals surface area contributed by atoms with Crippen LogP contribution in [0.4, 0.5) is 0 Å². The van der Waals surface area contributed by atoms with E-state index in [4.69, 9.17) is 9.47 Å². The van der Waals surface area contributed by atoms with Gasteiger partial charge in [-0.1, -0.05) is 19.3 Å². The number of aliphatic imine (C=N–C) groups is 1. The van der Waals surface area contributed by atoms with Crippen molar-refractivity contribution >= 4 is 29.9 Å². The Bertz CT molecular complexity index is 478. The van der Waals surface area contributed by atoms with Crippen molar-refractivity contribution in [3.05, 3.63) is 0 Å². The fraction of sp³-hybridized carbons (Fsp3) is 0.947. The summed E-state index contributed by atoms with van der Waals surface area (Å²) < 4.78 is 11.6. The third-order valence-electron chi connectivity index (χ3n) is 6.70. The molecule has 0 aromatic carbocycles. The van der Waals surface area contributed by atoms with Crippen molar-refractivity contribution in [2.75, 3.05) is 39.9 Å². The highest BCUT2D eigenvalue weighted by Gasteiger charge is 2.42. The molecule has 7 heteroatoms. The SMILES string of the molecule is CN=C(NCC1(N2CCOCC2)CCCCC1)NC1CC2CCC1O2.I. The second-order valence-corrected chi connectivity index (χ2v) is 8.17. The highest BCUT2D eigenvalue weighted by molar-refractivity contribution is 14.0. The molecule has 3 aliphatic heterocycles. The van der Waals surface area contributed by atoms with Gasteiger partial charge in [0, 0.05) is 32.2 Å². The van der Waals surface area contributed by atoms with Crippen molar-refractivity contribution < 1.29 is 9.47 Å². The number of nitrogens with one attached hydrogen (secondary N) is 2. The van der Waals surface area contributed by atoms with E-state index in [-0.39, 0.29) is 29.5 Å². The Balaban J connectivity index is 0.00000196. The smallest absolute Gasteiger partial charge is 0.191 e. The molecule has 0 radical (unpaired) electrons. The summed E-state index contributed by atoms with van der Waals surface area (Å²) >= 11 is 0. The van der Waals surface area contributed by atoms with Crippen LogP contribution in [0.5, 0.6) is 0 Å². The molecule has 0 aromatic rings. The van der Waals surface area contributed by atoms with Crippen LogP contribution < -0.4 is 10.6 Å². The number of halogens is 1. The van der Waals surface area contributed by atoms with E-state index in [1.165, 1.54) is 44.9 Å². The zero-order valence-electron chi connectivity index (χ0n) is 16.0. The Labute approximate surface area is 174 Å². The van der Waals surface area contributed by atoms with E-state index in [1.54, 1.807) is 0 Å². The van der Waals surface area contributed by atoms with Gasteiger partial charge in [-0.3, -0.25) is 9.89 Å². The lowest BCUT2D eigenvalue weighted by atomic mass is 9.79. The summed E-state index contributed by atoms with van der Waals surface area (Å²) in [7, 11) is 1.88. The van der Waals surface area contributed by atoms with Crippen molar-refractivity contribution in [3.63, 3.8) is 0 Å². The molecule has 1 saturated carbocycles. The first-order valence-electron chi connectivity index (χ1n) is 10.2. The third-order valence-corrected chi connectivity index (χ3v) is 6.70. The highest BCUT2D eigenvalue weighted by Crippen LogP contribution is 2.35. The van der Waals surface area contributed by atoms with Gasteiger partial charge in [-0.2, -0.15) is 0 Å². The molecule has 3 atom stereocenters. The molecule has 0 amide bonds. The monoisotopic (exact) mass is 478 g/mol. The molecule has 6 nitrogen and oxygen atoms in total. The summed E-state index contributed by atoms with van der Waals surface area (Å²) in [5, 5.41) is 7.29. The fourth-order valence-electron chi connectivity index (χ4n) is 5.26. The number of rotatable bonds is 4. The van der Waals surface area contributed by atoms with Gasteiger partial charge in [-0.15, -0.1) is 24.0 Å². The molecule has 2 bridgehead atoms. The van der Waals surface area contributed by atoms with Crippen molar-refractivity contribution in [2.24, 2.45) is 4.99 Å². The topological polar surface area (TPSA) is 58.1 Å². The quantitative estimate of drug-likeness (QED) is 0.369. The largest absolute Gasteiger partial charge is 0.379 e. The van der Waals surface area contributed by atoms with Crippen molar-refractivity contribution in [1.82, 2.24) is 15.5 Å². The molecule has 4 aliphatic rings. The maximum Gasteiger partial charge on any atom is 0.191 e. The predicted octanol–water partition coefficient (Wildman–Crippen LogP) is 2.12. The minimum absolute atomic E-state index is 0. The molecule has 150 valence electrons. The van der Waals surface area contributed by atoms with Gasteiger partial charge < -0.3 is 20.1 Å². The lowest BCUT2D eigenvalue weighted by molar-refractivity contribution is -0.0353. The average molecular weight is 478 g/mol. The standard InChI is InChI=1S/C19H34N4O2.HI/c1-20-18(22-16-13-15-5-6-17(16)25-15)21-14-19(7-3-2-4-8-19)23-9-11-24-12-10-23;/h15-17H,2-14H2,1H3,(H2,20,21,22);1H. The van der Waals surface area contributed by atoms with Crippen LogP contribution in [0, 0.1) is 0 Å². The molecular weight excluding hydrogens is 443 g/mol. The zero-order chi connectivity index (χ0) is 17.1. The van der Waals surface area contributed by atoms with Gasteiger partial charge in [-0.05, 0) is 32.1 Å². The van der Waals surface area contributed by atoms with Crippen LogP contribution in [0.2, 0.25) is 0 Å². The first-order valence-corrected chi connectivity index (χ1v) is 10.2. The van der Waals surface area contributed by atoms with E-state index in [0.717, 1.165) is 45.2 Å². The number of morpholine rings is 1. The number of hydrogen-bond donors (Lipinski definition) is 2. The number of ether oxygens (including phenoxy) is 2. The van der Waals surface area contributed by atoms with Gasteiger partial charge in [0.1, 0.15) is 0 Å². The predicted molar refractivity (Wildman–Crippen MR) is 114 cm³/mol. The molecule has 3 saturated heterocycles. The molecule has 4 fully saturated rings. The lowest BCUT2D eigenvalue weighted by Crippen LogP contribution is -2.61. The first-order chi connectivity index (χ1) is 12.3. The maximum absolute atomic E-state index is 5.97. The van der Waals surface area contributed by atoms with Gasteiger partial charge in [0.15, 0.2) is 5.96 Å². The highest BCUT2D eigenvalue weighted by atomic mass is 127. The molecule has 1 aliphatic carbocycles. The van der Waals surface area contributed by atoms with Gasteiger partial charge >= 0.3 is 0 Å². The molecule has 0 aromatic heterocycles. The summed E-state index contributed by atoms with van der Waals surface area (Å²) in [5.74, 6) is 0.944. The normalized spacial score (nSPS) is 34.3. The summed E-state index contributed by atoms with van der Waals surface area (Å²) in [6.07, 6.45) is 11.0. The zero-order valence-corrected chi connectivity index (χ0v) is 18.4. The third kappa shape index (κ3) is 4.47. The van der Waals surface area contributed by atoms with Crippen molar-refractivity contribution in [1.29, 1.82) is 0 Å². The molecule has 26 heavy (non-hydrogen) atoms. The van der Waals surface area contributed by atoms with E-state index < -0.39 is 0 Å². The van der Waals surface area contributed by atoms with Gasteiger partial charge in [0.25, 0.3) is 0 Å². The summed E-state index contributed by atoms with van der Waals surface area (Å²) in [4.78, 5) is 7.17. The lowest BCUT2D eigenvalue weighted by Gasteiger charge is -2.48. The average Bonchev–Trinajstić information content (AvgIpc) is 3.29. The van der Waals surface area contributed by atoms with Crippen molar-refractivity contribution in [3.8, 4) is 0 Å². The summed E-state index contributed by atoms with van der Waals surface area (Å²) in [5.41, 5.74) is 0.269. The van der Waals surface area contributed by atoms with Crippen LogP contribution >= 0.6 is 24.0 Å². The number of guanidine groups is 1. The molecule has 2 N–H and O–H groups in total. The molecular formula is C19H35IN4O2. The van der Waals surface area contributed by atoms with E-state index in [1.807, 2.05) is 7.05 Å². The van der Waals surface area contributed by atoms with E-state index in [9.17, 15) is 0 Å². The Morgan fingerprint density at radius 1 is 1.15 bits per heavy atom. The first kappa shape index (κ1) is 20.6. The van der Waals surface area contributed by atoms with Crippen LogP contribution in [0.3, 0.4) is 0 Å². The summed E-state index contributed by atoms with van der Waals surface area (Å²) in [6.45, 7) is 4.85. The Morgan fingerprint density at radius 2 is 1.92 bits per heavy atom. The fourth-order valence-corrected chi connectivity index (χ4v) is 5.26. The molecule has 0 spiro atoms. The van der Waals surface area contributed by atoms with Crippen molar-refractivity contribution in [2.45, 2.75) is 75.2 Å². The van der Waals surface area contributed by atoms with Crippen LogP contribution in [0.15, 0.2) is 4.99 Å². The van der Waals surface area contributed by atoms with Gasteiger partial charge in [-0.25, -0.2) is 0 Å². The second kappa shape index (κ2) is 9.39. The van der Waals surface area contributed by atoms with Crippen LogP contribution in [-0.4, -0.2) is 74.5 Å². The molecule has 3 unspecified atom stereocenters. The van der Waals surface area contributed by atoms with Crippen LogP contribution in [-0.2, 0) is 9.47 Å². The Morgan fingerprint density at radius 3 is 2.54 bits per heavy atom. The Kier molecular flexibility index (Phi) is 7.44. The summed E-state index contributed by atoms with van der Waals surface area (Å²) in [6, 6.07) is 0.427. The molecule has 3 heterocycles. The number of fused-ring (bicyclic) bond motifs is 2. The number of hydrogen-bond acceptors (Lipinski definition) is 4. The van der Waals surface area contributed by atoms with Crippen LogP contribution in [0.1, 0.15) is 51.4 Å². The van der Waals surface area contributed by atoms with Gasteiger partial charge in [0.05, 0.1) is 31.5 Å². The number of nitrogens with zero attached hydrogens (tertiary/aromatic N) is 2. The maximum atomic E-state index is 5.97. The van der Waals surface area contributed by atoms with E-state index in [0.29, 0.717) is 18.2 Å². The van der Waals surface area contributed by atoms with E-state index >= 15 is 0 Å².